The molecule has 3 unspecified atom stereocenters. The van der Waals surface area contributed by atoms with E-state index in [1.54, 1.807) is 78.9 Å². The van der Waals surface area contributed by atoms with E-state index in [0.29, 0.717) is 47.2 Å². The molecule has 59 heavy (non-hydrogen) atoms. The van der Waals surface area contributed by atoms with Crippen LogP contribution in [0.1, 0.15) is 89.1 Å². The second-order valence-electron chi connectivity index (χ2n) is 16.9. The lowest BCUT2D eigenvalue weighted by atomic mass is 9.93. The first-order chi connectivity index (χ1) is 27.8. The standard InChI is InChI=1S/C44H52FN5O9/c1-25-18-28-10-12-33(25)26(2)23-56-40(52)48-31-20-29(37(35(45)21-31)57-32-15-17-55-24-32)22-49(9)39(51)36(28)47-30-11-13-34-27(19-30)14-16-46-38(34)50(41(53)58-43(3,4)5)42(54)59-44(6,7)8/h10-14,16,18-21,26,32,36,47H,15,17,22-24H2,1-9H3,(H,48,52). The average molecular weight is 814 g/mol. The molecule has 0 aliphatic carbocycles. The van der Waals surface area contributed by atoms with Gasteiger partial charge in [-0.25, -0.2) is 23.8 Å². The number of nitrogens with zero attached hydrogens (tertiary/aromatic N) is 3. The number of amides is 4. The minimum Gasteiger partial charge on any atom is -0.484 e. The van der Waals surface area contributed by atoms with Gasteiger partial charge in [0.05, 0.1) is 19.8 Å². The summed E-state index contributed by atoms with van der Waals surface area (Å²) in [7, 11) is 1.61. The quantitative estimate of drug-likeness (QED) is 0.185. The summed E-state index contributed by atoms with van der Waals surface area (Å²) in [4.78, 5) is 61.2. The van der Waals surface area contributed by atoms with Gasteiger partial charge in [-0.3, -0.25) is 10.1 Å². The van der Waals surface area contributed by atoms with Gasteiger partial charge in [-0.15, -0.1) is 0 Å². The van der Waals surface area contributed by atoms with Crippen molar-refractivity contribution >= 4 is 52.2 Å². The van der Waals surface area contributed by atoms with Crippen molar-refractivity contribution in [1.29, 1.82) is 0 Å². The summed E-state index contributed by atoms with van der Waals surface area (Å²) in [5, 5.41) is 7.08. The number of fused-ring (bicyclic) bond motifs is 10. The zero-order chi connectivity index (χ0) is 42.8. The summed E-state index contributed by atoms with van der Waals surface area (Å²) in [5.74, 6) is -1.28. The molecule has 314 valence electrons. The van der Waals surface area contributed by atoms with Crippen LogP contribution in [-0.4, -0.2) is 78.2 Å². The fraction of sp³-hybridized carbons (Fsp3) is 0.432. The Hall–Kier alpha value is -5.96. The van der Waals surface area contributed by atoms with Crippen LogP contribution >= 0.6 is 0 Å². The summed E-state index contributed by atoms with van der Waals surface area (Å²) in [6, 6.07) is 14.4. The number of imide groups is 1. The monoisotopic (exact) mass is 813 g/mol. The Labute approximate surface area is 343 Å². The molecule has 15 heteroatoms. The van der Waals surface area contributed by atoms with Gasteiger partial charge in [-0.1, -0.05) is 25.1 Å². The van der Waals surface area contributed by atoms with Crippen molar-refractivity contribution < 1.29 is 47.3 Å². The zero-order valence-corrected chi connectivity index (χ0v) is 34.9. The molecule has 2 N–H and O–H groups in total. The van der Waals surface area contributed by atoms with E-state index in [1.165, 1.54) is 11.1 Å². The van der Waals surface area contributed by atoms with E-state index < -0.39 is 41.3 Å². The number of rotatable bonds is 5. The summed E-state index contributed by atoms with van der Waals surface area (Å²) in [6.45, 7) is 14.8. The van der Waals surface area contributed by atoms with Gasteiger partial charge in [-0.2, -0.15) is 4.90 Å². The highest BCUT2D eigenvalue weighted by Gasteiger charge is 2.35. The van der Waals surface area contributed by atoms with Gasteiger partial charge in [0.1, 0.15) is 23.3 Å². The van der Waals surface area contributed by atoms with Crippen molar-refractivity contribution in [2.45, 2.75) is 97.6 Å². The lowest BCUT2D eigenvalue weighted by molar-refractivity contribution is -0.131. The minimum atomic E-state index is -0.953. The summed E-state index contributed by atoms with van der Waals surface area (Å²) >= 11 is 0. The molecular weight excluding hydrogens is 762 g/mol. The number of aryl methyl sites for hydroxylation is 1. The Morgan fingerprint density at radius 1 is 0.966 bits per heavy atom. The van der Waals surface area contributed by atoms with Crippen LogP contribution in [0.15, 0.2) is 60.8 Å². The van der Waals surface area contributed by atoms with Gasteiger partial charge in [0.15, 0.2) is 17.4 Å². The maximum absolute atomic E-state index is 15.8. The van der Waals surface area contributed by atoms with Crippen molar-refractivity contribution in [2.75, 3.05) is 42.4 Å². The van der Waals surface area contributed by atoms with Crippen LogP contribution in [0, 0.1) is 12.7 Å². The highest BCUT2D eigenvalue weighted by atomic mass is 19.1. The molecule has 4 aromatic rings. The molecule has 1 fully saturated rings. The minimum absolute atomic E-state index is 0.00947. The van der Waals surface area contributed by atoms with Crippen LogP contribution in [0.5, 0.6) is 5.75 Å². The number of nitrogens with one attached hydrogen (secondary N) is 2. The Bertz CT molecular complexity index is 2220. The maximum atomic E-state index is 15.8. The fourth-order valence-corrected chi connectivity index (χ4v) is 6.92. The predicted octanol–water partition coefficient (Wildman–Crippen LogP) is 9.00. The van der Waals surface area contributed by atoms with E-state index in [1.807, 2.05) is 32.0 Å². The molecule has 14 nitrogen and oxygen atoms in total. The number of pyridine rings is 1. The number of carbonyl (C=O) groups is 4. The molecule has 3 atom stereocenters. The molecule has 3 aliphatic heterocycles. The number of carbonyl (C=O) groups excluding carboxylic acids is 4. The van der Waals surface area contributed by atoms with Gasteiger partial charge in [-0.05, 0) is 101 Å². The second kappa shape index (κ2) is 17.1. The topological polar surface area (TPSA) is 158 Å². The van der Waals surface area contributed by atoms with E-state index >= 15 is 4.39 Å². The number of anilines is 3. The van der Waals surface area contributed by atoms with Gasteiger partial charge < -0.3 is 33.9 Å². The van der Waals surface area contributed by atoms with Crippen molar-refractivity contribution in [2.24, 2.45) is 0 Å². The summed E-state index contributed by atoms with van der Waals surface area (Å²) < 4.78 is 44.1. The number of benzene rings is 3. The van der Waals surface area contributed by atoms with Crippen LogP contribution in [0.2, 0.25) is 0 Å². The number of likely N-dealkylation sites (N-methyl/N-ethyl adjacent to an activating group) is 1. The van der Waals surface area contributed by atoms with E-state index in [9.17, 15) is 19.2 Å². The lowest BCUT2D eigenvalue weighted by Crippen LogP contribution is -2.44. The molecule has 0 radical (unpaired) electrons. The first-order valence-corrected chi connectivity index (χ1v) is 19.5. The Kier molecular flexibility index (Phi) is 12.4. The Morgan fingerprint density at radius 2 is 1.68 bits per heavy atom. The third-order valence-electron chi connectivity index (χ3n) is 9.61. The Balaban J connectivity index is 1.39. The maximum Gasteiger partial charge on any atom is 0.425 e. The molecule has 3 aliphatic rings. The van der Waals surface area contributed by atoms with Gasteiger partial charge >= 0.3 is 18.3 Å². The summed E-state index contributed by atoms with van der Waals surface area (Å²) in [5.41, 5.74) is 1.64. The molecule has 0 spiro atoms. The normalized spacial score (nSPS) is 18.9. The van der Waals surface area contributed by atoms with Crippen molar-refractivity contribution in [3.63, 3.8) is 0 Å². The van der Waals surface area contributed by atoms with Gasteiger partial charge in [0.2, 0.25) is 5.91 Å². The van der Waals surface area contributed by atoms with Gasteiger partial charge in [0.25, 0.3) is 0 Å². The van der Waals surface area contributed by atoms with E-state index in [0.717, 1.165) is 22.1 Å². The molecule has 1 saturated heterocycles. The number of hydrogen-bond donors (Lipinski definition) is 2. The van der Waals surface area contributed by atoms with Crippen molar-refractivity contribution in [1.82, 2.24) is 9.88 Å². The van der Waals surface area contributed by atoms with E-state index in [2.05, 4.69) is 15.6 Å². The molecule has 3 aromatic carbocycles. The number of halogens is 1. The van der Waals surface area contributed by atoms with Crippen LogP contribution in [0.4, 0.5) is 36.0 Å². The molecule has 4 heterocycles. The van der Waals surface area contributed by atoms with Crippen LogP contribution in [0.25, 0.3) is 10.8 Å². The first-order valence-electron chi connectivity index (χ1n) is 19.5. The Morgan fingerprint density at radius 3 is 2.32 bits per heavy atom. The second-order valence-corrected chi connectivity index (χ2v) is 16.9. The zero-order valence-electron chi connectivity index (χ0n) is 34.9. The molecular formula is C44H52FN5O9. The number of aromatic nitrogens is 1. The molecule has 4 bridgehead atoms. The third-order valence-corrected chi connectivity index (χ3v) is 9.61. The number of ether oxygens (including phenoxy) is 5. The van der Waals surface area contributed by atoms with Crippen LogP contribution in [-0.2, 0) is 30.3 Å². The lowest BCUT2D eigenvalue weighted by Gasteiger charge is -2.29. The largest absolute Gasteiger partial charge is 0.484 e. The molecule has 7 rings (SSSR count). The molecule has 0 saturated carbocycles. The van der Waals surface area contributed by atoms with Crippen molar-refractivity contribution in [3.05, 3.63) is 88.9 Å². The van der Waals surface area contributed by atoms with E-state index in [4.69, 9.17) is 23.7 Å². The summed E-state index contributed by atoms with van der Waals surface area (Å²) in [6.07, 6.45) is -0.988. The first kappa shape index (κ1) is 42.6. The van der Waals surface area contributed by atoms with Crippen molar-refractivity contribution in [3.8, 4) is 5.75 Å². The molecule has 4 amide bonds. The predicted molar refractivity (Wildman–Crippen MR) is 220 cm³/mol. The highest BCUT2D eigenvalue weighted by Crippen LogP contribution is 2.35. The van der Waals surface area contributed by atoms with Crippen LogP contribution < -0.4 is 20.3 Å². The molecule has 1 aromatic heterocycles. The average Bonchev–Trinajstić information content (AvgIpc) is 3.65. The SMILES string of the molecule is Cc1cc2ccc1C(C)COC(=O)Nc1cc(F)c(OC3CCOC3)c(c1)CN(C)C(=O)C2Nc1ccc2c(N(C(=O)OC(C)(C)C)C(=O)OC(C)(C)C)nccc2c1. The van der Waals surface area contributed by atoms with Crippen LogP contribution in [0.3, 0.4) is 0 Å². The smallest absolute Gasteiger partial charge is 0.425 e. The van der Waals surface area contributed by atoms with E-state index in [-0.39, 0.29) is 48.3 Å². The third kappa shape index (κ3) is 10.4. The van der Waals surface area contributed by atoms with Gasteiger partial charge in [0, 0.05) is 60.5 Å². The highest BCUT2D eigenvalue weighted by molar-refractivity contribution is 6.14. The number of hydrogen-bond acceptors (Lipinski definition) is 11. The fourth-order valence-electron chi connectivity index (χ4n) is 6.92.